The van der Waals surface area contributed by atoms with E-state index in [0.29, 0.717) is 6.54 Å². The lowest BCUT2D eigenvalue weighted by Crippen LogP contribution is -2.13. The molecule has 1 N–H and O–H groups in total. The second kappa shape index (κ2) is 5.97. The van der Waals surface area contributed by atoms with E-state index >= 15 is 0 Å². The average molecular weight is 282 g/mol. The summed E-state index contributed by atoms with van der Waals surface area (Å²) in [4.78, 5) is 0. The van der Waals surface area contributed by atoms with Crippen LogP contribution in [0.25, 0.3) is 10.8 Å². The first-order valence-electron chi connectivity index (χ1n) is 6.95. The van der Waals surface area contributed by atoms with E-state index in [1.54, 1.807) is 7.11 Å². The van der Waals surface area contributed by atoms with E-state index in [-0.39, 0.29) is 0 Å². The molecule has 0 unspecified atom stereocenters. The van der Waals surface area contributed by atoms with Crippen molar-refractivity contribution >= 4 is 10.8 Å². The standard InChI is InChI=1S/C17H18N2O2/c1-12-9-14(19-21-12)11-18-10-13-7-8-17(20-2)16-6-4-3-5-15(13)16/h3-9,18H,10-11H2,1-2H3. The van der Waals surface area contributed by atoms with Gasteiger partial charge >= 0.3 is 0 Å². The summed E-state index contributed by atoms with van der Waals surface area (Å²) >= 11 is 0. The second-order valence-electron chi connectivity index (χ2n) is 5.00. The number of rotatable bonds is 5. The molecule has 0 saturated carbocycles. The minimum Gasteiger partial charge on any atom is -0.496 e. The van der Waals surface area contributed by atoms with Gasteiger partial charge in [-0.3, -0.25) is 0 Å². The number of fused-ring (bicyclic) bond motifs is 1. The molecule has 0 atom stereocenters. The Kier molecular flexibility index (Phi) is 3.88. The lowest BCUT2D eigenvalue weighted by Gasteiger charge is -2.10. The molecule has 0 saturated heterocycles. The summed E-state index contributed by atoms with van der Waals surface area (Å²) in [5, 5.41) is 9.72. The van der Waals surface area contributed by atoms with Gasteiger partial charge in [-0.05, 0) is 23.9 Å². The molecule has 3 rings (SSSR count). The molecular weight excluding hydrogens is 264 g/mol. The molecule has 4 nitrogen and oxygen atoms in total. The zero-order chi connectivity index (χ0) is 14.7. The molecule has 1 heterocycles. The highest BCUT2D eigenvalue weighted by Crippen LogP contribution is 2.28. The van der Waals surface area contributed by atoms with Crippen molar-refractivity contribution in [1.29, 1.82) is 0 Å². The number of ether oxygens (including phenoxy) is 1. The van der Waals surface area contributed by atoms with Gasteiger partial charge in [-0.25, -0.2) is 0 Å². The Morgan fingerprint density at radius 2 is 1.90 bits per heavy atom. The van der Waals surface area contributed by atoms with E-state index in [1.165, 1.54) is 10.9 Å². The predicted octanol–water partition coefficient (Wildman–Crippen LogP) is 3.43. The van der Waals surface area contributed by atoms with Gasteiger partial charge in [0.1, 0.15) is 11.5 Å². The van der Waals surface area contributed by atoms with Crippen LogP contribution < -0.4 is 10.1 Å². The quantitative estimate of drug-likeness (QED) is 0.778. The summed E-state index contributed by atoms with van der Waals surface area (Å²) in [5.74, 6) is 1.74. The summed E-state index contributed by atoms with van der Waals surface area (Å²) < 4.78 is 10.5. The molecule has 1 aromatic heterocycles. The Bertz CT molecular complexity index is 749. The van der Waals surface area contributed by atoms with Crippen molar-refractivity contribution in [3.63, 3.8) is 0 Å². The van der Waals surface area contributed by atoms with Crippen LogP contribution in [0, 0.1) is 6.92 Å². The first-order chi connectivity index (χ1) is 10.3. The molecule has 4 heteroatoms. The minimum atomic E-state index is 0.692. The summed E-state index contributed by atoms with van der Waals surface area (Å²) in [6, 6.07) is 14.3. The highest BCUT2D eigenvalue weighted by atomic mass is 16.5. The van der Waals surface area contributed by atoms with Crippen molar-refractivity contribution in [3.8, 4) is 5.75 Å². The lowest BCUT2D eigenvalue weighted by molar-refractivity contribution is 0.388. The number of aryl methyl sites for hydroxylation is 1. The molecule has 2 aromatic carbocycles. The van der Waals surface area contributed by atoms with E-state index in [0.717, 1.165) is 29.1 Å². The van der Waals surface area contributed by atoms with E-state index in [1.807, 2.05) is 31.2 Å². The maximum Gasteiger partial charge on any atom is 0.133 e. The van der Waals surface area contributed by atoms with Gasteiger partial charge in [0.25, 0.3) is 0 Å². The van der Waals surface area contributed by atoms with Gasteiger partial charge in [-0.2, -0.15) is 0 Å². The summed E-state index contributed by atoms with van der Waals surface area (Å²) in [6.45, 7) is 3.36. The molecule has 21 heavy (non-hydrogen) atoms. The molecule has 0 amide bonds. The summed E-state index contributed by atoms with van der Waals surface area (Å²) in [5.41, 5.74) is 2.16. The number of hydrogen-bond donors (Lipinski definition) is 1. The summed E-state index contributed by atoms with van der Waals surface area (Å²) in [6.07, 6.45) is 0. The second-order valence-corrected chi connectivity index (χ2v) is 5.00. The van der Waals surface area contributed by atoms with Crippen molar-refractivity contribution in [1.82, 2.24) is 10.5 Å². The van der Waals surface area contributed by atoms with Gasteiger partial charge in [0.2, 0.25) is 0 Å². The maximum atomic E-state index is 5.42. The SMILES string of the molecule is COc1ccc(CNCc2cc(C)on2)c2ccccc12. The van der Waals surface area contributed by atoms with Crippen LogP contribution in [0.15, 0.2) is 47.0 Å². The fraction of sp³-hybridized carbons (Fsp3) is 0.235. The Balaban J connectivity index is 1.78. The number of hydrogen-bond acceptors (Lipinski definition) is 4. The number of nitrogens with one attached hydrogen (secondary N) is 1. The third-order valence-electron chi connectivity index (χ3n) is 3.49. The van der Waals surface area contributed by atoms with Crippen LogP contribution in [0.4, 0.5) is 0 Å². The number of benzene rings is 2. The smallest absolute Gasteiger partial charge is 0.133 e. The molecule has 3 aromatic rings. The van der Waals surface area contributed by atoms with Crippen LogP contribution in [0.2, 0.25) is 0 Å². The summed E-state index contributed by atoms with van der Waals surface area (Å²) in [7, 11) is 1.70. The molecule has 0 aliphatic heterocycles. The highest BCUT2D eigenvalue weighted by molar-refractivity contribution is 5.91. The van der Waals surface area contributed by atoms with Crippen molar-refractivity contribution in [2.45, 2.75) is 20.0 Å². The fourth-order valence-electron chi connectivity index (χ4n) is 2.49. The van der Waals surface area contributed by atoms with Gasteiger partial charge in [0, 0.05) is 24.5 Å². The van der Waals surface area contributed by atoms with Crippen molar-refractivity contribution < 1.29 is 9.26 Å². The van der Waals surface area contributed by atoms with Crippen LogP contribution in [-0.4, -0.2) is 12.3 Å². The molecule has 0 bridgehead atoms. The Morgan fingerprint density at radius 3 is 2.62 bits per heavy atom. The van der Waals surface area contributed by atoms with Gasteiger partial charge in [-0.1, -0.05) is 35.5 Å². The molecule has 0 aliphatic carbocycles. The first-order valence-corrected chi connectivity index (χ1v) is 6.95. The maximum absolute atomic E-state index is 5.42. The topological polar surface area (TPSA) is 47.3 Å². The monoisotopic (exact) mass is 282 g/mol. The highest BCUT2D eigenvalue weighted by Gasteiger charge is 2.06. The number of aromatic nitrogens is 1. The van der Waals surface area contributed by atoms with Gasteiger partial charge in [-0.15, -0.1) is 0 Å². The zero-order valence-corrected chi connectivity index (χ0v) is 12.2. The van der Waals surface area contributed by atoms with Crippen LogP contribution in [0.1, 0.15) is 17.0 Å². The van der Waals surface area contributed by atoms with Gasteiger partial charge in [0.15, 0.2) is 0 Å². The van der Waals surface area contributed by atoms with Gasteiger partial charge in [0.05, 0.1) is 12.8 Å². The lowest BCUT2D eigenvalue weighted by atomic mass is 10.0. The van der Waals surface area contributed by atoms with Crippen LogP contribution >= 0.6 is 0 Å². The van der Waals surface area contributed by atoms with Gasteiger partial charge < -0.3 is 14.6 Å². The first kappa shape index (κ1) is 13.6. The van der Waals surface area contributed by atoms with Crippen LogP contribution in [0.5, 0.6) is 5.75 Å². The van der Waals surface area contributed by atoms with E-state index in [9.17, 15) is 0 Å². The molecule has 0 spiro atoms. The molecular formula is C17H18N2O2. The molecule has 0 radical (unpaired) electrons. The van der Waals surface area contributed by atoms with Crippen molar-refractivity contribution in [3.05, 3.63) is 59.5 Å². The normalized spacial score (nSPS) is 11.0. The van der Waals surface area contributed by atoms with E-state index in [4.69, 9.17) is 9.26 Å². The number of nitrogens with zero attached hydrogens (tertiary/aromatic N) is 1. The predicted molar refractivity (Wildman–Crippen MR) is 82.3 cm³/mol. The molecule has 108 valence electrons. The van der Waals surface area contributed by atoms with E-state index < -0.39 is 0 Å². The third-order valence-corrected chi connectivity index (χ3v) is 3.49. The largest absolute Gasteiger partial charge is 0.496 e. The number of methoxy groups -OCH3 is 1. The van der Waals surface area contributed by atoms with Crippen LogP contribution in [0.3, 0.4) is 0 Å². The minimum absolute atomic E-state index is 0.692. The zero-order valence-electron chi connectivity index (χ0n) is 12.2. The van der Waals surface area contributed by atoms with E-state index in [2.05, 4.69) is 28.7 Å². The molecule has 0 fully saturated rings. The fourth-order valence-corrected chi connectivity index (χ4v) is 2.49. The van der Waals surface area contributed by atoms with Crippen LogP contribution in [-0.2, 0) is 13.1 Å². The Labute approximate surface area is 123 Å². The van der Waals surface area contributed by atoms with Crippen molar-refractivity contribution in [2.75, 3.05) is 7.11 Å². The Morgan fingerprint density at radius 1 is 1.10 bits per heavy atom. The van der Waals surface area contributed by atoms with Crippen molar-refractivity contribution in [2.24, 2.45) is 0 Å². The average Bonchev–Trinajstić information content (AvgIpc) is 2.93. The molecule has 0 aliphatic rings. The Hall–Kier alpha value is -2.33. The third kappa shape index (κ3) is 2.90.